The van der Waals surface area contributed by atoms with Gasteiger partial charge in [-0.3, -0.25) is 0 Å². The van der Waals surface area contributed by atoms with Crippen LogP contribution in [-0.2, 0) is 11.3 Å². The molecule has 20 heavy (non-hydrogen) atoms. The van der Waals surface area contributed by atoms with Gasteiger partial charge in [-0.25, -0.2) is 9.48 Å². The van der Waals surface area contributed by atoms with Gasteiger partial charge in [0.25, 0.3) is 0 Å². The van der Waals surface area contributed by atoms with Gasteiger partial charge in [-0.1, -0.05) is 0 Å². The van der Waals surface area contributed by atoms with E-state index in [0.29, 0.717) is 13.2 Å². The standard InChI is InChI=1S/C13H20BrN3O3/c1-13(2,3)20-12(18)16(4)6-9-7-17-11(19-8-9)10(14)5-15-17/h5,9H,6-8H2,1-4H3/t9-/m1/s1. The van der Waals surface area contributed by atoms with Crippen molar-refractivity contribution in [3.05, 3.63) is 10.7 Å². The quantitative estimate of drug-likeness (QED) is 0.826. The number of fused-ring (bicyclic) bond motifs is 1. The first-order chi connectivity index (χ1) is 9.26. The second-order valence-corrected chi connectivity index (χ2v) is 6.87. The highest BCUT2D eigenvalue weighted by atomic mass is 79.9. The van der Waals surface area contributed by atoms with Crippen LogP contribution in [0.2, 0.25) is 0 Å². The van der Waals surface area contributed by atoms with Crippen molar-refractivity contribution in [3.63, 3.8) is 0 Å². The smallest absolute Gasteiger partial charge is 0.410 e. The van der Waals surface area contributed by atoms with Crippen LogP contribution in [-0.4, -0.2) is 46.6 Å². The number of nitrogens with zero attached hydrogens (tertiary/aromatic N) is 3. The summed E-state index contributed by atoms with van der Waals surface area (Å²) in [7, 11) is 1.74. The summed E-state index contributed by atoms with van der Waals surface area (Å²) in [6, 6.07) is 0. The van der Waals surface area contributed by atoms with E-state index in [1.54, 1.807) is 22.8 Å². The number of hydrogen-bond acceptors (Lipinski definition) is 4. The van der Waals surface area contributed by atoms with Gasteiger partial charge in [0.05, 0.1) is 23.8 Å². The molecule has 0 bridgehead atoms. The largest absolute Gasteiger partial charge is 0.477 e. The summed E-state index contributed by atoms with van der Waals surface area (Å²) in [5.74, 6) is 0.952. The van der Waals surface area contributed by atoms with Crippen molar-refractivity contribution in [3.8, 4) is 5.88 Å². The lowest BCUT2D eigenvalue weighted by molar-refractivity contribution is 0.0233. The molecule has 7 heteroatoms. The predicted octanol–water partition coefficient (Wildman–Crippen LogP) is 2.52. The Morgan fingerprint density at radius 1 is 1.65 bits per heavy atom. The van der Waals surface area contributed by atoms with Crippen molar-refractivity contribution in [1.82, 2.24) is 14.7 Å². The molecule has 0 unspecified atom stereocenters. The number of amides is 1. The highest BCUT2D eigenvalue weighted by Crippen LogP contribution is 2.29. The van der Waals surface area contributed by atoms with E-state index in [9.17, 15) is 4.79 Å². The van der Waals surface area contributed by atoms with E-state index in [4.69, 9.17) is 9.47 Å². The Bertz CT molecular complexity index is 496. The summed E-state index contributed by atoms with van der Waals surface area (Å²) >= 11 is 3.39. The number of halogens is 1. The van der Waals surface area contributed by atoms with E-state index in [2.05, 4.69) is 21.0 Å². The first-order valence-electron chi connectivity index (χ1n) is 6.54. The van der Waals surface area contributed by atoms with Gasteiger partial charge in [-0.2, -0.15) is 5.10 Å². The van der Waals surface area contributed by atoms with Crippen LogP contribution < -0.4 is 4.74 Å². The van der Waals surface area contributed by atoms with Gasteiger partial charge in [-0.15, -0.1) is 0 Å². The third kappa shape index (κ3) is 3.65. The first-order valence-corrected chi connectivity index (χ1v) is 7.34. The van der Waals surface area contributed by atoms with Crippen LogP contribution in [0.25, 0.3) is 0 Å². The zero-order valence-electron chi connectivity index (χ0n) is 12.2. The van der Waals surface area contributed by atoms with Gasteiger partial charge in [0, 0.05) is 19.5 Å². The van der Waals surface area contributed by atoms with Crippen LogP contribution in [0.4, 0.5) is 4.79 Å². The predicted molar refractivity (Wildman–Crippen MR) is 77.8 cm³/mol. The molecule has 0 spiro atoms. The highest BCUT2D eigenvalue weighted by Gasteiger charge is 2.26. The molecule has 0 radical (unpaired) electrons. The molecule has 1 aromatic heterocycles. The second-order valence-electron chi connectivity index (χ2n) is 6.02. The van der Waals surface area contributed by atoms with Gasteiger partial charge >= 0.3 is 6.09 Å². The third-order valence-corrected chi connectivity index (χ3v) is 3.42. The summed E-state index contributed by atoms with van der Waals surface area (Å²) in [6.45, 7) is 7.44. The van der Waals surface area contributed by atoms with Crippen LogP contribution in [0, 0.1) is 5.92 Å². The molecule has 112 valence electrons. The fraction of sp³-hybridized carbons (Fsp3) is 0.692. The lowest BCUT2D eigenvalue weighted by atomic mass is 10.1. The van der Waals surface area contributed by atoms with E-state index in [1.165, 1.54) is 0 Å². The summed E-state index contributed by atoms with van der Waals surface area (Å²) < 4.78 is 13.7. The van der Waals surface area contributed by atoms with Crippen LogP contribution in [0.15, 0.2) is 10.7 Å². The number of carbonyl (C=O) groups excluding carboxylic acids is 1. The molecule has 1 atom stereocenters. The molecule has 0 saturated heterocycles. The van der Waals surface area contributed by atoms with Crippen molar-refractivity contribution in [2.24, 2.45) is 5.92 Å². The molecule has 1 aromatic rings. The zero-order chi connectivity index (χ0) is 14.9. The minimum Gasteiger partial charge on any atom is -0.477 e. The van der Waals surface area contributed by atoms with E-state index in [-0.39, 0.29) is 12.0 Å². The fourth-order valence-electron chi connectivity index (χ4n) is 2.03. The number of rotatable bonds is 2. The van der Waals surface area contributed by atoms with Crippen molar-refractivity contribution in [1.29, 1.82) is 0 Å². The van der Waals surface area contributed by atoms with Gasteiger partial charge in [0.2, 0.25) is 5.88 Å². The zero-order valence-corrected chi connectivity index (χ0v) is 13.8. The van der Waals surface area contributed by atoms with E-state index in [1.807, 2.05) is 20.8 Å². The van der Waals surface area contributed by atoms with Crippen molar-refractivity contribution in [2.75, 3.05) is 20.2 Å². The molecular weight excluding hydrogens is 326 g/mol. The lowest BCUT2D eigenvalue weighted by Gasteiger charge is -2.29. The Balaban J connectivity index is 1.90. The Labute approximate surface area is 127 Å². The second kappa shape index (κ2) is 5.63. The minimum absolute atomic E-state index is 0.201. The summed E-state index contributed by atoms with van der Waals surface area (Å²) in [5, 5.41) is 4.23. The molecule has 0 aromatic carbocycles. The molecule has 0 N–H and O–H groups in total. The maximum absolute atomic E-state index is 11.9. The summed E-state index contributed by atoms with van der Waals surface area (Å²) in [5.41, 5.74) is -0.478. The number of ether oxygens (including phenoxy) is 2. The third-order valence-electron chi connectivity index (χ3n) is 2.87. The van der Waals surface area contributed by atoms with Crippen LogP contribution in [0.1, 0.15) is 20.8 Å². The van der Waals surface area contributed by atoms with Crippen LogP contribution in [0.3, 0.4) is 0 Å². The Hall–Kier alpha value is -1.24. The average molecular weight is 346 g/mol. The van der Waals surface area contributed by atoms with E-state index in [0.717, 1.165) is 16.9 Å². The Morgan fingerprint density at radius 2 is 2.35 bits per heavy atom. The van der Waals surface area contributed by atoms with Crippen LogP contribution in [0.5, 0.6) is 5.88 Å². The SMILES string of the molecule is CN(C[C@H]1COc2c(Br)cnn2C1)C(=O)OC(C)(C)C. The Morgan fingerprint density at radius 3 is 3.00 bits per heavy atom. The fourth-order valence-corrected chi connectivity index (χ4v) is 2.44. The topological polar surface area (TPSA) is 56.6 Å². The molecule has 2 heterocycles. The first kappa shape index (κ1) is 15.2. The number of hydrogen-bond donors (Lipinski definition) is 0. The average Bonchev–Trinajstić information content (AvgIpc) is 2.68. The van der Waals surface area contributed by atoms with Crippen molar-refractivity contribution < 1.29 is 14.3 Å². The maximum atomic E-state index is 11.9. The monoisotopic (exact) mass is 345 g/mol. The highest BCUT2D eigenvalue weighted by molar-refractivity contribution is 9.10. The molecule has 1 aliphatic heterocycles. The molecule has 0 aliphatic carbocycles. The molecule has 1 amide bonds. The van der Waals surface area contributed by atoms with Gasteiger partial charge in [-0.05, 0) is 36.7 Å². The Kier molecular flexibility index (Phi) is 4.27. The lowest BCUT2D eigenvalue weighted by Crippen LogP contribution is -2.40. The maximum Gasteiger partial charge on any atom is 0.410 e. The van der Waals surface area contributed by atoms with Crippen molar-refractivity contribution >= 4 is 22.0 Å². The van der Waals surface area contributed by atoms with Crippen molar-refractivity contribution in [2.45, 2.75) is 32.9 Å². The van der Waals surface area contributed by atoms with Crippen LogP contribution >= 0.6 is 15.9 Å². The van der Waals surface area contributed by atoms with Gasteiger partial charge in [0.1, 0.15) is 5.60 Å². The van der Waals surface area contributed by atoms with E-state index < -0.39 is 5.60 Å². The molecule has 1 aliphatic rings. The molecular formula is C13H20BrN3O3. The molecule has 2 rings (SSSR count). The van der Waals surface area contributed by atoms with Gasteiger partial charge < -0.3 is 14.4 Å². The van der Waals surface area contributed by atoms with Gasteiger partial charge in [0.15, 0.2) is 0 Å². The van der Waals surface area contributed by atoms with E-state index >= 15 is 0 Å². The molecule has 6 nitrogen and oxygen atoms in total. The number of carbonyl (C=O) groups is 1. The number of aromatic nitrogens is 2. The summed E-state index contributed by atoms with van der Waals surface area (Å²) in [4.78, 5) is 13.5. The normalized spacial score (nSPS) is 18.1. The summed E-state index contributed by atoms with van der Waals surface area (Å²) in [6.07, 6.45) is 1.40. The molecule has 0 fully saturated rings. The molecule has 0 saturated carbocycles. The minimum atomic E-state index is -0.478.